The molecule has 21 heavy (non-hydrogen) atoms. The Morgan fingerprint density at radius 3 is 2.38 bits per heavy atom. The predicted octanol–water partition coefficient (Wildman–Crippen LogP) is 1.34. The Labute approximate surface area is 129 Å². The van der Waals surface area contributed by atoms with Gasteiger partial charge in [0.15, 0.2) is 0 Å². The zero-order chi connectivity index (χ0) is 16.4. The summed E-state index contributed by atoms with van der Waals surface area (Å²) >= 11 is 0. The predicted molar refractivity (Wildman–Crippen MR) is 84.9 cm³/mol. The van der Waals surface area contributed by atoms with E-state index in [0.717, 1.165) is 19.5 Å². The molecule has 122 valence electrons. The number of likely N-dealkylation sites (N-methyl/N-ethyl adjacent to an activating group) is 1. The second-order valence-corrected chi connectivity index (χ2v) is 7.49. The molecule has 2 amide bonds. The zero-order valence-electron chi connectivity index (χ0n) is 14.6. The normalized spacial score (nSPS) is 25.3. The van der Waals surface area contributed by atoms with Gasteiger partial charge in [0.25, 0.3) is 0 Å². The molecule has 1 rings (SSSR count). The molecule has 0 spiro atoms. The van der Waals surface area contributed by atoms with Crippen LogP contribution < -0.4 is 5.32 Å². The summed E-state index contributed by atoms with van der Waals surface area (Å²) in [5.41, 5.74) is -0.478. The third-order valence-electron chi connectivity index (χ3n) is 4.31. The fourth-order valence-electron chi connectivity index (χ4n) is 2.86. The number of carbonyl (C=O) groups excluding carboxylic acids is 2. The molecule has 0 aromatic carbocycles. The Bertz CT molecular complexity index is 389. The lowest BCUT2D eigenvalue weighted by atomic mass is 9.92. The Morgan fingerprint density at radius 2 is 1.90 bits per heavy atom. The molecular weight excluding hydrogens is 266 g/mol. The maximum atomic E-state index is 12.5. The van der Waals surface area contributed by atoms with Crippen LogP contribution in [-0.4, -0.2) is 60.9 Å². The average Bonchev–Trinajstić information content (AvgIpc) is 2.35. The van der Waals surface area contributed by atoms with Gasteiger partial charge in [-0.05, 0) is 32.9 Å². The number of likely N-dealkylation sites (tertiary alicyclic amines) is 1. The van der Waals surface area contributed by atoms with Crippen LogP contribution in [-0.2, 0) is 9.59 Å². The van der Waals surface area contributed by atoms with Gasteiger partial charge in [0.1, 0.15) is 6.04 Å². The van der Waals surface area contributed by atoms with E-state index in [1.54, 1.807) is 6.92 Å². The van der Waals surface area contributed by atoms with Crippen molar-refractivity contribution >= 4 is 11.8 Å². The molecule has 1 heterocycles. The number of hydrogen-bond donors (Lipinski definition) is 1. The van der Waals surface area contributed by atoms with Crippen molar-refractivity contribution in [3.8, 4) is 0 Å². The van der Waals surface area contributed by atoms with Crippen LogP contribution in [0.3, 0.4) is 0 Å². The summed E-state index contributed by atoms with van der Waals surface area (Å²) in [6.45, 7) is 11.5. The van der Waals surface area contributed by atoms with Crippen molar-refractivity contribution in [2.45, 2.75) is 53.1 Å². The van der Waals surface area contributed by atoms with Crippen LogP contribution in [0.2, 0.25) is 0 Å². The summed E-state index contributed by atoms with van der Waals surface area (Å²) in [4.78, 5) is 28.6. The van der Waals surface area contributed by atoms with E-state index < -0.39 is 11.5 Å². The van der Waals surface area contributed by atoms with E-state index in [0.29, 0.717) is 5.92 Å². The van der Waals surface area contributed by atoms with Crippen molar-refractivity contribution in [3.63, 3.8) is 0 Å². The van der Waals surface area contributed by atoms with Gasteiger partial charge in [0.2, 0.25) is 11.8 Å². The molecule has 0 radical (unpaired) electrons. The minimum atomic E-state index is -0.478. The Morgan fingerprint density at radius 1 is 1.33 bits per heavy atom. The minimum Gasteiger partial charge on any atom is -0.344 e. The minimum absolute atomic E-state index is 0.00555. The van der Waals surface area contributed by atoms with Crippen molar-refractivity contribution < 1.29 is 9.59 Å². The number of hydrogen-bond acceptors (Lipinski definition) is 3. The number of amides is 2. The Hall–Kier alpha value is -1.10. The highest BCUT2D eigenvalue weighted by molar-refractivity contribution is 5.89. The van der Waals surface area contributed by atoms with Crippen LogP contribution >= 0.6 is 0 Å². The molecule has 0 bridgehead atoms. The van der Waals surface area contributed by atoms with Crippen LogP contribution in [0.1, 0.15) is 41.0 Å². The van der Waals surface area contributed by atoms with E-state index in [2.05, 4.69) is 24.2 Å². The summed E-state index contributed by atoms with van der Waals surface area (Å²) < 4.78 is 0. The maximum absolute atomic E-state index is 12.5. The standard InChI is InChI=1S/C16H31N3O2/c1-11-10-18(6)9-8-13(11)19(7)14(20)12(2)17-15(21)16(3,4)5/h11-13H,8-10H2,1-7H3,(H,17,21)/t11-,12+,13-/m1/s1. The van der Waals surface area contributed by atoms with Crippen LogP contribution in [0.15, 0.2) is 0 Å². The number of nitrogens with zero attached hydrogens (tertiary/aromatic N) is 2. The second-order valence-electron chi connectivity index (χ2n) is 7.49. The SMILES string of the molecule is C[C@H](NC(=O)C(C)(C)C)C(=O)N(C)[C@@H]1CCN(C)C[C@H]1C. The van der Waals surface area contributed by atoms with Crippen molar-refractivity contribution in [2.75, 3.05) is 27.2 Å². The highest BCUT2D eigenvalue weighted by atomic mass is 16.2. The van der Waals surface area contributed by atoms with Crippen molar-refractivity contribution in [1.82, 2.24) is 15.1 Å². The van der Waals surface area contributed by atoms with Crippen LogP contribution in [0, 0.1) is 11.3 Å². The van der Waals surface area contributed by atoms with E-state index in [9.17, 15) is 9.59 Å². The molecule has 0 aliphatic carbocycles. The first kappa shape index (κ1) is 18.0. The van der Waals surface area contributed by atoms with E-state index >= 15 is 0 Å². The van der Waals surface area contributed by atoms with Crippen LogP contribution in [0.25, 0.3) is 0 Å². The van der Waals surface area contributed by atoms with E-state index in [1.165, 1.54) is 0 Å². The van der Waals surface area contributed by atoms with E-state index in [1.807, 2.05) is 32.7 Å². The fourth-order valence-corrected chi connectivity index (χ4v) is 2.86. The van der Waals surface area contributed by atoms with Gasteiger partial charge < -0.3 is 15.1 Å². The van der Waals surface area contributed by atoms with Gasteiger partial charge in [0.05, 0.1) is 0 Å². The largest absolute Gasteiger partial charge is 0.344 e. The summed E-state index contributed by atoms with van der Waals surface area (Å²) in [5, 5.41) is 2.82. The first-order valence-corrected chi connectivity index (χ1v) is 7.80. The molecule has 5 nitrogen and oxygen atoms in total. The van der Waals surface area contributed by atoms with Gasteiger partial charge in [-0.2, -0.15) is 0 Å². The third kappa shape index (κ3) is 4.70. The van der Waals surface area contributed by atoms with E-state index in [4.69, 9.17) is 0 Å². The first-order valence-electron chi connectivity index (χ1n) is 7.80. The number of nitrogens with one attached hydrogen (secondary N) is 1. The van der Waals surface area contributed by atoms with Crippen molar-refractivity contribution in [2.24, 2.45) is 11.3 Å². The lowest BCUT2D eigenvalue weighted by molar-refractivity contribution is -0.140. The molecule has 0 aromatic heterocycles. The van der Waals surface area contributed by atoms with Crippen molar-refractivity contribution in [3.05, 3.63) is 0 Å². The molecule has 1 fully saturated rings. The highest BCUT2D eigenvalue weighted by Crippen LogP contribution is 2.21. The molecule has 1 aliphatic heterocycles. The Kier molecular flexibility index (Phi) is 5.79. The number of carbonyl (C=O) groups is 2. The van der Waals surface area contributed by atoms with Gasteiger partial charge in [-0.25, -0.2) is 0 Å². The molecule has 0 saturated carbocycles. The lowest BCUT2D eigenvalue weighted by Gasteiger charge is -2.40. The van der Waals surface area contributed by atoms with Gasteiger partial charge in [-0.3, -0.25) is 9.59 Å². The quantitative estimate of drug-likeness (QED) is 0.855. The van der Waals surface area contributed by atoms with Gasteiger partial charge in [-0.1, -0.05) is 27.7 Å². The molecule has 0 unspecified atom stereocenters. The third-order valence-corrected chi connectivity index (χ3v) is 4.31. The topological polar surface area (TPSA) is 52.7 Å². The summed E-state index contributed by atoms with van der Waals surface area (Å²) in [5.74, 6) is 0.352. The summed E-state index contributed by atoms with van der Waals surface area (Å²) in [7, 11) is 3.97. The highest BCUT2D eigenvalue weighted by Gasteiger charge is 2.33. The zero-order valence-corrected chi connectivity index (χ0v) is 14.6. The molecule has 1 saturated heterocycles. The average molecular weight is 297 g/mol. The smallest absolute Gasteiger partial charge is 0.244 e. The monoisotopic (exact) mass is 297 g/mol. The van der Waals surface area contributed by atoms with Gasteiger partial charge in [0, 0.05) is 25.0 Å². The van der Waals surface area contributed by atoms with Crippen LogP contribution in [0.4, 0.5) is 0 Å². The summed E-state index contributed by atoms with van der Waals surface area (Å²) in [6, 6.07) is -0.226. The van der Waals surface area contributed by atoms with Gasteiger partial charge in [-0.15, -0.1) is 0 Å². The molecule has 1 N–H and O–H groups in total. The maximum Gasteiger partial charge on any atom is 0.244 e. The number of rotatable bonds is 3. The van der Waals surface area contributed by atoms with Gasteiger partial charge >= 0.3 is 0 Å². The van der Waals surface area contributed by atoms with Crippen LogP contribution in [0.5, 0.6) is 0 Å². The molecular formula is C16H31N3O2. The fraction of sp³-hybridized carbons (Fsp3) is 0.875. The Balaban J connectivity index is 2.63. The lowest BCUT2D eigenvalue weighted by Crippen LogP contribution is -2.55. The molecule has 1 aliphatic rings. The molecule has 5 heteroatoms. The number of piperidine rings is 1. The first-order chi connectivity index (χ1) is 9.54. The molecule has 0 aromatic rings. The van der Waals surface area contributed by atoms with E-state index in [-0.39, 0.29) is 17.9 Å². The van der Waals surface area contributed by atoms with Crippen molar-refractivity contribution in [1.29, 1.82) is 0 Å². The second kappa shape index (κ2) is 6.77. The summed E-state index contributed by atoms with van der Waals surface area (Å²) in [6.07, 6.45) is 0.986. The molecule has 3 atom stereocenters.